The number of rotatable bonds is 8. The van der Waals surface area contributed by atoms with E-state index in [2.05, 4.69) is 20.0 Å². The Morgan fingerprint density at radius 3 is 2.71 bits per heavy atom. The van der Waals surface area contributed by atoms with Crippen molar-refractivity contribution in [2.45, 2.75) is 19.5 Å². The predicted molar refractivity (Wildman–Crippen MR) is 143 cm³/mol. The summed E-state index contributed by atoms with van der Waals surface area (Å²) < 4.78 is 6.54. The van der Waals surface area contributed by atoms with Gasteiger partial charge in [0, 0.05) is 43.0 Å². The molecule has 2 N–H and O–H groups in total. The van der Waals surface area contributed by atoms with Crippen molar-refractivity contribution in [3.63, 3.8) is 0 Å². The molecule has 0 aliphatic carbocycles. The van der Waals surface area contributed by atoms with Crippen molar-refractivity contribution >= 4 is 39.2 Å². The van der Waals surface area contributed by atoms with Gasteiger partial charge in [-0.05, 0) is 24.6 Å². The number of aromatic nitrogens is 4. The predicted octanol–water partition coefficient (Wildman–Crippen LogP) is 3.57. The van der Waals surface area contributed by atoms with E-state index < -0.39 is 11.9 Å². The number of hydrogen-bond acceptors (Lipinski definition) is 12. The number of benzene rings is 1. The highest BCUT2D eigenvalue weighted by Crippen LogP contribution is 2.35. The summed E-state index contributed by atoms with van der Waals surface area (Å²) in [6.45, 7) is 4.99. The molecule has 1 fully saturated rings. The third-order valence-corrected chi connectivity index (χ3v) is 7.34. The summed E-state index contributed by atoms with van der Waals surface area (Å²) in [5.41, 5.74) is 4.18. The molecule has 1 atom stereocenters. The van der Waals surface area contributed by atoms with Gasteiger partial charge in [0.15, 0.2) is 11.6 Å². The Labute approximate surface area is 222 Å². The van der Waals surface area contributed by atoms with Gasteiger partial charge in [0.05, 0.1) is 35.5 Å². The molecule has 0 radical (unpaired) electrons. The molecular formula is C25H26N8O4S. The lowest BCUT2D eigenvalue weighted by Crippen LogP contribution is -2.36. The monoisotopic (exact) mass is 534 g/mol. The van der Waals surface area contributed by atoms with E-state index in [1.54, 1.807) is 23.7 Å². The Bertz CT molecular complexity index is 1460. The molecule has 4 aromatic rings. The van der Waals surface area contributed by atoms with Gasteiger partial charge in [-0.25, -0.2) is 25.4 Å². The largest absolute Gasteiger partial charge is 0.378 e. The minimum absolute atomic E-state index is 0.159. The minimum Gasteiger partial charge on any atom is -0.378 e. The van der Waals surface area contributed by atoms with Gasteiger partial charge in [-0.2, -0.15) is 4.91 Å². The maximum absolute atomic E-state index is 11.5. The van der Waals surface area contributed by atoms with E-state index in [0.29, 0.717) is 31.5 Å². The van der Waals surface area contributed by atoms with Crippen LogP contribution in [0.25, 0.3) is 21.6 Å². The molecule has 1 aromatic carbocycles. The summed E-state index contributed by atoms with van der Waals surface area (Å²) in [4.78, 5) is 46.1. The van der Waals surface area contributed by atoms with Crippen LogP contribution in [0, 0.1) is 4.91 Å². The molecule has 4 heterocycles. The van der Waals surface area contributed by atoms with E-state index in [9.17, 15) is 9.70 Å². The van der Waals surface area contributed by atoms with Gasteiger partial charge < -0.3 is 14.5 Å². The van der Waals surface area contributed by atoms with Gasteiger partial charge in [0.25, 0.3) is 5.91 Å². The van der Waals surface area contributed by atoms with Crippen molar-refractivity contribution in [1.29, 1.82) is 0 Å². The van der Waals surface area contributed by atoms with Crippen molar-refractivity contribution in [2.24, 2.45) is 5.18 Å². The van der Waals surface area contributed by atoms with Crippen LogP contribution in [-0.2, 0) is 11.3 Å². The van der Waals surface area contributed by atoms with E-state index in [-0.39, 0.29) is 5.56 Å². The van der Waals surface area contributed by atoms with E-state index >= 15 is 0 Å². The normalized spacial score (nSPS) is 14.3. The number of hydroxylamine groups is 1. The number of nitroso groups, excluding NO2 is 1. The zero-order chi connectivity index (χ0) is 26.6. The number of amides is 1. The van der Waals surface area contributed by atoms with E-state index in [1.807, 2.05) is 42.3 Å². The fourth-order valence-corrected chi connectivity index (χ4v) is 5.33. The number of nitrogens with zero attached hydrogens (tertiary/aromatic N) is 7. The van der Waals surface area contributed by atoms with Crippen LogP contribution in [0.5, 0.6) is 0 Å². The van der Waals surface area contributed by atoms with Crippen LogP contribution in [0.4, 0.5) is 11.8 Å². The van der Waals surface area contributed by atoms with Crippen LogP contribution in [-0.4, -0.2) is 64.4 Å². The van der Waals surface area contributed by atoms with Gasteiger partial charge in [-0.1, -0.05) is 23.4 Å². The second-order valence-corrected chi connectivity index (χ2v) is 10.0. The highest BCUT2D eigenvalue weighted by molar-refractivity contribution is 7.19. The summed E-state index contributed by atoms with van der Waals surface area (Å²) in [6, 6.07) is 9.19. The summed E-state index contributed by atoms with van der Waals surface area (Å²) in [5.74, 6) is 1.20. The molecular weight excluding hydrogens is 508 g/mol. The molecule has 1 aliphatic heterocycles. The summed E-state index contributed by atoms with van der Waals surface area (Å²) in [7, 11) is 1.86. The quantitative estimate of drug-likeness (QED) is 0.195. The topological polar surface area (TPSA) is 146 Å². The number of ether oxygens (including phenoxy) is 1. The van der Waals surface area contributed by atoms with Crippen molar-refractivity contribution in [3.05, 3.63) is 63.6 Å². The minimum atomic E-state index is -0.670. The Morgan fingerprint density at radius 2 is 2.00 bits per heavy atom. The Hall–Kier alpha value is -4.07. The molecule has 0 bridgehead atoms. The molecule has 38 heavy (non-hydrogen) atoms. The number of anilines is 2. The number of hydrogen-bond donors (Lipinski definition) is 2. The average Bonchev–Trinajstić information content (AvgIpc) is 3.38. The summed E-state index contributed by atoms with van der Waals surface area (Å²) in [6.07, 6.45) is 2.72. The third-order valence-electron chi connectivity index (χ3n) is 6.24. The molecule has 0 spiro atoms. The molecule has 1 amide bonds. The molecule has 3 aromatic heterocycles. The Balaban J connectivity index is 1.49. The van der Waals surface area contributed by atoms with Crippen molar-refractivity contribution < 1.29 is 14.7 Å². The zero-order valence-electron chi connectivity index (χ0n) is 20.9. The molecule has 0 saturated carbocycles. The molecule has 196 valence electrons. The fourth-order valence-electron chi connectivity index (χ4n) is 4.16. The third kappa shape index (κ3) is 5.30. The van der Waals surface area contributed by atoms with Gasteiger partial charge >= 0.3 is 0 Å². The van der Waals surface area contributed by atoms with E-state index in [1.165, 1.54) is 12.4 Å². The first-order chi connectivity index (χ1) is 18.5. The lowest BCUT2D eigenvalue weighted by Gasteiger charge is -2.28. The standard InChI is InChI=1S/C25H26N8O4S/c1-15(30-35)16-4-3-5-17(10-16)22-28-20-11-19(38-21(20)23(29-22)33-6-8-37-9-7-33)14-32(2)25-26-12-18(13-27-25)24(34)31-36/h3-5,10-13,15,36H,6-9,14H2,1-2H3,(H,31,34). The molecule has 1 aliphatic rings. The molecule has 13 heteroatoms. The van der Waals surface area contributed by atoms with Gasteiger partial charge in [-0.3, -0.25) is 10.0 Å². The van der Waals surface area contributed by atoms with Gasteiger partial charge in [0.2, 0.25) is 5.95 Å². The molecule has 1 saturated heterocycles. The first kappa shape index (κ1) is 25.6. The highest BCUT2D eigenvalue weighted by atomic mass is 32.1. The van der Waals surface area contributed by atoms with Gasteiger partial charge in [0.1, 0.15) is 6.04 Å². The number of morpholine rings is 1. The zero-order valence-corrected chi connectivity index (χ0v) is 21.7. The Morgan fingerprint density at radius 1 is 1.24 bits per heavy atom. The maximum atomic E-state index is 11.5. The first-order valence-electron chi connectivity index (χ1n) is 12.0. The number of nitrogens with one attached hydrogen (secondary N) is 1. The van der Waals surface area contributed by atoms with E-state index in [4.69, 9.17) is 19.9 Å². The van der Waals surface area contributed by atoms with Crippen molar-refractivity contribution in [3.8, 4) is 11.4 Å². The number of carbonyl (C=O) groups excluding carboxylic acids is 1. The smallest absolute Gasteiger partial charge is 0.277 e. The average molecular weight is 535 g/mol. The lowest BCUT2D eigenvalue weighted by atomic mass is 10.1. The lowest BCUT2D eigenvalue weighted by molar-refractivity contribution is 0.0705. The number of thiophene rings is 1. The molecule has 1 unspecified atom stereocenters. The van der Waals surface area contributed by atoms with Crippen molar-refractivity contribution in [1.82, 2.24) is 25.4 Å². The highest BCUT2D eigenvalue weighted by Gasteiger charge is 2.21. The molecule has 12 nitrogen and oxygen atoms in total. The van der Waals surface area contributed by atoms with Crippen LogP contribution in [0.15, 0.2) is 47.9 Å². The first-order valence-corrected chi connectivity index (χ1v) is 12.8. The second-order valence-electron chi connectivity index (χ2n) is 8.87. The number of carbonyl (C=O) groups is 1. The van der Waals surface area contributed by atoms with E-state index in [0.717, 1.165) is 45.1 Å². The fraction of sp³-hybridized carbons (Fsp3) is 0.320. The van der Waals surface area contributed by atoms with Gasteiger partial charge in [-0.15, -0.1) is 11.3 Å². The molecule has 5 rings (SSSR count). The maximum Gasteiger partial charge on any atom is 0.277 e. The SMILES string of the molecule is CC(N=O)c1cccc(-c2nc(N3CCOCC3)c3sc(CN(C)c4ncc(C(=O)NO)cn4)cc3n2)c1. The van der Waals surface area contributed by atoms with Crippen molar-refractivity contribution in [2.75, 3.05) is 43.2 Å². The summed E-state index contributed by atoms with van der Waals surface area (Å²) >= 11 is 1.61. The summed E-state index contributed by atoms with van der Waals surface area (Å²) in [5, 5.41) is 11.9. The number of fused-ring (bicyclic) bond motifs is 1. The van der Waals surface area contributed by atoms with Crippen LogP contribution in [0.1, 0.15) is 33.8 Å². The Kier molecular flexibility index (Phi) is 7.49. The van der Waals surface area contributed by atoms with Crippen LogP contribution in [0.2, 0.25) is 0 Å². The van der Waals surface area contributed by atoms with Crippen LogP contribution < -0.4 is 15.3 Å². The van der Waals surface area contributed by atoms with Crippen LogP contribution >= 0.6 is 11.3 Å². The van der Waals surface area contributed by atoms with Crippen LogP contribution in [0.3, 0.4) is 0 Å². The second kappa shape index (κ2) is 11.1.